The lowest BCUT2D eigenvalue weighted by Gasteiger charge is -2.31. The maximum Gasteiger partial charge on any atom is 0.270 e. The maximum absolute atomic E-state index is 15.4. The molecule has 2 saturated carbocycles. The Morgan fingerprint density at radius 1 is 1.03 bits per heavy atom. The quantitative estimate of drug-likeness (QED) is 0.448. The van der Waals surface area contributed by atoms with Crippen molar-refractivity contribution in [3.63, 3.8) is 0 Å². The van der Waals surface area contributed by atoms with Crippen LogP contribution in [-0.2, 0) is 12.5 Å². The summed E-state index contributed by atoms with van der Waals surface area (Å²) in [5.41, 5.74) is 0.829. The van der Waals surface area contributed by atoms with Gasteiger partial charge in [-0.25, -0.2) is 18.7 Å². The molecule has 2 aromatic rings. The SMILES string of the molecule is CC(C)C1CCC(CNc2ncnc(N(Cc3ccc(C(C)(F)F)cc3)C3CC3)c2F)CC1. The van der Waals surface area contributed by atoms with Crippen LogP contribution in [0.2, 0.25) is 0 Å². The Kier molecular flexibility index (Phi) is 7.15. The second-order valence-electron chi connectivity index (χ2n) is 10.2. The molecule has 0 aliphatic heterocycles. The summed E-state index contributed by atoms with van der Waals surface area (Å²) in [5, 5.41) is 3.23. The van der Waals surface area contributed by atoms with E-state index in [1.807, 2.05) is 4.90 Å². The molecule has 2 fully saturated rings. The second-order valence-corrected chi connectivity index (χ2v) is 10.2. The first kappa shape index (κ1) is 23.8. The van der Waals surface area contributed by atoms with E-state index >= 15 is 4.39 Å². The molecule has 33 heavy (non-hydrogen) atoms. The van der Waals surface area contributed by atoms with Crippen LogP contribution in [0.25, 0.3) is 0 Å². The molecule has 4 nitrogen and oxygen atoms in total. The molecule has 1 heterocycles. The van der Waals surface area contributed by atoms with Gasteiger partial charge in [-0.1, -0.05) is 38.1 Å². The molecule has 0 unspecified atom stereocenters. The van der Waals surface area contributed by atoms with Crippen molar-refractivity contribution < 1.29 is 13.2 Å². The van der Waals surface area contributed by atoms with Crippen LogP contribution in [0.1, 0.15) is 70.4 Å². The molecule has 180 valence electrons. The predicted octanol–water partition coefficient (Wildman–Crippen LogP) is 6.77. The molecule has 2 aliphatic rings. The van der Waals surface area contributed by atoms with Gasteiger partial charge in [0.1, 0.15) is 6.33 Å². The normalized spacial score (nSPS) is 21.3. The highest BCUT2D eigenvalue weighted by Crippen LogP contribution is 2.36. The van der Waals surface area contributed by atoms with E-state index in [2.05, 4.69) is 29.1 Å². The van der Waals surface area contributed by atoms with Gasteiger partial charge in [-0.15, -0.1) is 0 Å². The molecule has 0 bridgehead atoms. The van der Waals surface area contributed by atoms with Crippen LogP contribution in [0, 0.1) is 23.6 Å². The van der Waals surface area contributed by atoms with Gasteiger partial charge in [0.25, 0.3) is 5.92 Å². The van der Waals surface area contributed by atoms with Crippen molar-refractivity contribution in [3.8, 4) is 0 Å². The van der Waals surface area contributed by atoms with Crippen molar-refractivity contribution in [2.45, 2.75) is 77.8 Å². The van der Waals surface area contributed by atoms with Crippen LogP contribution in [-0.4, -0.2) is 22.6 Å². The lowest BCUT2D eigenvalue weighted by atomic mass is 9.77. The minimum absolute atomic E-state index is 0.0219. The van der Waals surface area contributed by atoms with Gasteiger partial charge in [0.15, 0.2) is 11.6 Å². The molecule has 0 radical (unpaired) electrons. The van der Waals surface area contributed by atoms with Gasteiger partial charge < -0.3 is 10.2 Å². The van der Waals surface area contributed by atoms with Crippen molar-refractivity contribution in [1.29, 1.82) is 0 Å². The Labute approximate surface area is 195 Å². The summed E-state index contributed by atoms with van der Waals surface area (Å²) in [6, 6.07) is 6.47. The Bertz CT molecular complexity index is 914. The van der Waals surface area contributed by atoms with E-state index < -0.39 is 11.7 Å². The first-order chi connectivity index (χ1) is 15.7. The standard InChI is InChI=1S/C26H35F3N4/c1-17(2)20-8-4-18(5-9-20)14-30-24-23(27)25(32-16-31-24)33(22-12-13-22)15-19-6-10-21(11-7-19)26(3,28)29/h6-7,10-11,16-18,20,22H,4-5,8-9,12-15H2,1-3H3,(H,30,31,32). The fraction of sp³-hybridized carbons (Fsp3) is 0.615. The van der Waals surface area contributed by atoms with E-state index in [1.54, 1.807) is 12.1 Å². The second kappa shape index (κ2) is 9.90. The molecule has 1 aromatic carbocycles. The average molecular weight is 461 g/mol. The molecule has 7 heteroatoms. The van der Waals surface area contributed by atoms with Gasteiger partial charge >= 0.3 is 0 Å². The zero-order chi connectivity index (χ0) is 23.6. The molecule has 1 N–H and O–H groups in total. The summed E-state index contributed by atoms with van der Waals surface area (Å²) in [7, 11) is 0. The number of hydrogen-bond acceptors (Lipinski definition) is 4. The van der Waals surface area contributed by atoms with Crippen LogP contribution in [0.3, 0.4) is 0 Å². The molecule has 0 amide bonds. The summed E-state index contributed by atoms with van der Waals surface area (Å²) in [6.45, 7) is 6.61. The number of nitrogens with one attached hydrogen (secondary N) is 1. The van der Waals surface area contributed by atoms with Crippen molar-refractivity contribution in [1.82, 2.24) is 9.97 Å². The van der Waals surface area contributed by atoms with Gasteiger partial charge in [-0.2, -0.15) is 4.39 Å². The monoisotopic (exact) mass is 460 g/mol. The van der Waals surface area contributed by atoms with E-state index in [4.69, 9.17) is 0 Å². The third-order valence-electron chi connectivity index (χ3n) is 7.24. The third kappa shape index (κ3) is 5.98. The molecule has 2 aliphatic carbocycles. The minimum Gasteiger partial charge on any atom is -0.367 e. The largest absolute Gasteiger partial charge is 0.367 e. The van der Waals surface area contributed by atoms with E-state index in [9.17, 15) is 8.78 Å². The van der Waals surface area contributed by atoms with E-state index in [0.29, 0.717) is 19.0 Å². The molecule has 4 rings (SSSR count). The maximum atomic E-state index is 15.4. The van der Waals surface area contributed by atoms with Crippen LogP contribution in [0.4, 0.5) is 24.8 Å². The van der Waals surface area contributed by atoms with E-state index in [-0.39, 0.29) is 23.2 Å². The van der Waals surface area contributed by atoms with Crippen LogP contribution in [0.15, 0.2) is 30.6 Å². The smallest absolute Gasteiger partial charge is 0.270 e. The van der Waals surface area contributed by atoms with Crippen LogP contribution >= 0.6 is 0 Å². The topological polar surface area (TPSA) is 41.1 Å². The Morgan fingerprint density at radius 2 is 1.70 bits per heavy atom. The average Bonchev–Trinajstić information content (AvgIpc) is 3.62. The molecule has 0 spiro atoms. The van der Waals surface area contributed by atoms with Gasteiger partial charge in [-0.05, 0) is 61.8 Å². The highest BCUT2D eigenvalue weighted by Gasteiger charge is 2.33. The number of halogens is 3. The van der Waals surface area contributed by atoms with Gasteiger partial charge in [0.2, 0.25) is 5.82 Å². The highest BCUT2D eigenvalue weighted by atomic mass is 19.3. The van der Waals surface area contributed by atoms with Crippen LogP contribution < -0.4 is 10.2 Å². The number of alkyl halides is 2. The van der Waals surface area contributed by atoms with Crippen molar-refractivity contribution >= 4 is 11.6 Å². The summed E-state index contributed by atoms with van der Waals surface area (Å²) in [4.78, 5) is 10.4. The van der Waals surface area contributed by atoms with Gasteiger partial charge in [0.05, 0.1) is 0 Å². The van der Waals surface area contributed by atoms with Gasteiger partial charge in [0, 0.05) is 31.6 Å². The summed E-state index contributed by atoms with van der Waals surface area (Å²) in [5.74, 6) is -0.718. The number of benzene rings is 1. The number of hydrogen-bond donors (Lipinski definition) is 1. The lowest BCUT2D eigenvalue weighted by molar-refractivity contribution is 0.0174. The first-order valence-electron chi connectivity index (χ1n) is 12.2. The highest BCUT2D eigenvalue weighted by molar-refractivity contribution is 5.52. The summed E-state index contributed by atoms with van der Waals surface area (Å²) < 4.78 is 42.5. The van der Waals surface area contributed by atoms with Gasteiger partial charge in [-0.3, -0.25) is 0 Å². The van der Waals surface area contributed by atoms with Crippen LogP contribution in [0.5, 0.6) is 0 Å². The minimum atomic E-state index is -2.87. The van der Waals surface area contributed by atoms with Crippen molar-refractivity contribution in [2.75, 3.05) is 16.8 Å². The third-order valence-corrected chi connectivity index (χ3v) is 7.24. The fourth-order valence-corrected chi connectivity index (χ4v) is 4.85. The predicted molar refractivity (Wildman–Crippen MR) is 126 cm³/mol. The molecule has 0 atom stereocenters. The number of anilines is 2. The summed E-state index contributed by atoms with van der Waals surface area (Å²) >= 11 is 0. The molecule has 1 aromatic heterocycles. The number of nitrogens with zero attached hydrogens (tertiary/aromatic N) is 3. The Hall–Kier alpha value is -2.31. The lowest BCUT2D eigenvalue weighted by Crippen LogP contribution is -2.28. The molecular formula is C26H35F3N4. The Balaban J connectivity index is 1.42. The molecular weight excluding hydrogens is 425 g/mol. The van der Waals surface area contributed by atoms with Crippen molar-refractivity contribution in [2.24, 2.45) is 17.8 Å². The Morgan fingerprint density at radius 3 is 2.27 bits per heavy atom. The first-order valence-corrected chi connectivity index (χ1v) is 12.2. The summed E-state index contributed by atoms with van der Waals surface area (Å²) in [6.07, 6.45) is 8.14. The zero-order valence-corrected chi connectivity index (χ0v) is 19.8. The zero-order valence-electron chi connectivity index (χ0n) is 19.8. The fourth-order valence-electron chi connectivity index (χ4n) is 4.85. The number of rotatable bonds is 9. The van der Waals surface area contributed by atoms with E-state index in [0.717, 1.165) is 50.0 Å². The van der Waals surface area contributed by atoms with Crippen molar-refractivity contribution in [3.05, 3.63) is 47.5 Å². The number of aromatic nitrogens is 2. The molecule has 0 saturated heterocycles. The van der Waals surface area contributed by atoms with E-state index in [1.165, 1.54) is 31.3 Å².